The molecule has 2 aliphatic carbocycles. The van der Waals surface area contributed by atoms with Crippen LogP contribution in [0.3, 0.4) is 0 Å². The van der Waals surface area contributed by atoms with Crippen LogP contribution in [-0.4, -0.2) is 27.8 Å². The molecule has 2 N–H and O–H groups in total. The number of nitrogens with zero attached hydrogens (tertiary/aromatic N) is 2. The number of fused-ring (bicyclic) bond motifs is 5. The topological polar surface area (TPSA) is 99.6 Å². The van der Waals surface area contributed by atoms with E-state index in [9.17, 15) is 19.5 Å². The largest absolute Gasteiger partial charge is 0.504 e. The number of aromatic hydroxyl groups is 1. The van der Waals surface area contributed by atoms with Crippen molar-refractivity contribution in [3.8, 4) is 5.75 Å². The number of anilines is 2. The third-order valence-corrected chi connectivity index (χ3v) is 6.07. The fourth-order valence-corrected chi connectivity index (χ4v) is 4.77. The number of carbonyl (C=O) groups excluding carboxylic acids is 3. The number of nitrogens with one attached hydrogen (secondary N) is 1. The van der Waals surface area contributed by atoms with Crippen molar-refractivity contribution < 1.29 is 19.5 Å². The predicted octanol–water partition coefficient (Wildman–Crippen LogP) is 2.28. The Balaban J connectivity index is 1.29. The smallest absolute Gasteiger partial charge is 0.238 e. The monoisotopic (exact) mass is 389 g/mol. The molecule has 3 aliphatic rings. The standard InChI is InChI=1S/C22H19N3O4/c26-16-2-1-9-23-20(16)24-17(27)10-12-3-7-15(8-4-12)25-21(28)18-13-5-6-14(11-13)19(18)22(25)29/h1-9,13-14,18-19,26H,10-11H2,(H,23,24,27). The predicted molar refractivity (Wildman–Crippen MR) is 105 cm³/mol. The van der Waals surface area contributed by atoms with E-state index in [-0.39, 0.29) is 59.4 Å². The minimum absolute atomic E-state index is 0.0809. The molecule has 1 aromatic carbocycles. The van der Waals surface area contributed by atoms with E-state index in [1.807, 2.05) is 0 Å². The second kappa shape index (κ2) is 6.55. The number of imide groups is 1. The molecule has 3 amide bonds. The molecule has 2 bridgehead atoms. The van der Waals surface area contributed by atoms with Crippen molar-refractivity contribution in [1.29, 1.82) is 0 Å². The van der Waals surface area contributed by atoms with Crippen LogP contribution in [0.4, 0.5) is 11.5 Å². The first-order valence-corrected chi connectivity index (χ1v) is 9.62. The van der Waals surface area contributed by atoms with E-state index in [1.54, 1.807) is 30.3 Å². The minimum Gasteiger partial charge on any atom is -0.504 e. The summed E-state index contributed by atoms with van der Waals surface area (Å²) in [6, 6.07) is 9.88. The highest BCUT2D eigenvalue weighted by Crippen LogP contribution is 2.53. The first-order valence-electron chi connectivity index (χ1n) is 9.62. The second-order valence-electron chi connectivity index (χ2n) is 7.77. The molecule has 4 unspecified atom stereocenters. The Kier molecular flexibility index (Phi) is 3.97. The van der Waals surface area contributed by atoms with E-state index in [1.165, 1.54) is 17.2 Å². The molecular formula is C22H19N3O4. The highest BCUT2D eigenvalue weighted by Gasteiger charge is 2.59. The van der Waals surface area contributed by atoms with Crippen molar-refractivity contribution in [2.45, 2.75) is 12.8 Å². The van der Waals surface area contributed by atoms with Gasteiger partial charge in [0.2, 0.25) is 17.7 Å². The van der Waals surface area contributed by atoms with Crippen LogP contribution in [0.15, 0.2) is 54.7 Å². The lowest BCUT2D eigenvalue weighted by Gasteiger charge is -2.17. The van der Waals surface area contributed by atoms with Crippen LogP contribution < -0.4 is 10.2 Å². The summed E-state index contributed by atoms with van der Waals surface area (Å²) >= 11 is 0. The van der Waals surface area contributed by atoms with Gasteiger partial charge in [0.1, 0.15) is 0 Å². The fourth-order valence-electron chi connectivity index (χ4n) is 4.77. The van der Waals surface area contributed by atoms with E-state index in [4.69, 9.17) is 0 Å². The van der Waals surface area contributed by atoms with Crippen LogP contribution in [0.1, 0.15) is 12.0 Å². The van der Waals surface area contributed by atoms with Gasteiger partial charge in [-0.2, -0.15) is 0 Å². The summed E-state index contributed by atoms with van der Waals surface area (Å²) in [5.74, 6) is -0.649. The van der Waals surface area contributed by atoms with Crippen LogP contribution in [0.25, 0.3) is 0 Å². The summed E-state index contributed by atoms with van der Waals surface area (Å²) in [7, 11) is 0. The molecule has 1 aliphatic heterocycles. The number of hydrogen-bond donors (Lipinski definition) is 2. The Morgan fingerprint density at radius 3 is 2.34 bits per heavy atom. The molecule has 7 nitrogen and oxygen atoms in total. The maximum atomic E-state index is 12.9. The van der Waals surface area contributed by atoms with Crippen LogP contribution in [0.5, 0.6) is 5.75 Å². The Morgan fingerprint density at radius 1 is 1.07 bits per heavy atom. The summed E-state index contributed by atoms with van der Waals surface area (Å²) < 4.78 is 0. The van der Waals surface area contributed by atoms with Gasteiger partial charge in [-0.3, -0.25) is 19.3 Å². The molecule has 0 radical (unpaired) electrons. The zero-order valence-corrected chi connectivity index (χ0v) is 15.5. The van der Waals surface area contributed by atoms with Gasteiger partial charge in [-0.1, -0.05) is 24.3 Å². The number of benzene rings is 1. The van der Waals surface area contributed by atoms with Crippen LogP contribution >= 0.6 is 0 Å². The maximum absolute atomic E-state index is 12.9. The van der Waals surface area contributed by atoms with Crippen molar-refractivity contribution >= 4 is 29.2 Å². The molecule has 5 rings (SSSR count). The molecule has 2 heterocycles. The quantitative estimate of drug-likeness (QED) is 0.617. The molecular weight excluding hydrogens is 370 g/mol. The van der Waals surface area contributed by atoms with Gasteiger partial charge in [0.25, 0.3) is 0 Å². The van der Waals surface area contributed by atoms with Gasteiger partial charge < -0.3 is 10.4 Å². The Labute approximate surface area is 167 Å². The number of amides is 3. The summed E-state index contributed by atoms with van der Waals surface area (Å²) in [6.45, 7) is 0. The molecule has 2 aromatic rings. The molecule has 1 saturated carbocycles. The molecule has 7 heteroatoms. The molecule has 1 saturated heterocycles. The van der Waals surface area contributed by atoms with Crippen molar-refractivity contribution in [3.05, 3.63) is 60.3 Å². The van der Waals surface area contributed by atoms with Gasteiger partial charge >= 0.3 is 0 Å². The van der Waals surface area contributed by atoms with E-state index < -0.39 is 0 Å². The Hall–Kier alpha value is -3.48. The number of allylic oxidation sites excluding steroid dienone is 2. The van der Waals surface area contributed by atoms with Gasteiger partial charge in [-0.15, -0.1) is 0 Å². The molecule has 2 fully saturated rings. The first kappa shape index (κ1) is 17.6. The highest BCUT2D eigenvalue weighted by molar-refractivity contribution is 6.22. The lowest BCUT2D eigenvalue weighted by Crippen LogP contribution is -2.32. The zero-order chi connectivity index (χ0) is 20.1. The second-order valence-corrected chi connectivity index (χ2v) is 7.77. The minimum atomic E-state index is -0.322. The Bertz CT molecular complexity index is 1020. The number of hydrogen-bond acceptors (Lipinski definition) is 5. The third kappa shape index (κ3) is 2.81. The van der Waals surface area contributed by atoms with Crippen molar-refractivity contribution in [2.75, 3.05) is 10.2 Å². The first-order chi connectivity index (χ1) is 14.0. The normalized spacial score (nSPS) is 26.8. The van der Waals surface area contributed by atoms with E-state index in [0.29, 0.717) is 5.69 Å². The Morgan fingerprint density at radius 2 is 1.72 bits per heavy atom. The summed E-state index contributed by atoms with van der Waals surface area (Å²) in [5.41, 5.74) is 1.27. The lowest BCUT2D eigenvalue weighted by atomic mass is 9.85. The van der Waals surface area contributed by atoms with Gasteiger partial charge in [0, 0.05) is 6.20 Å². The zero-order valence-electron chi connectivity index (χ0n) is 15.5. The number of pyridine rings is 1. The highest BCUT2D eigenvalue weighted by atomic mass is 16.3. The average molecular weight is 389 g/mol. The fraction of sp³-hybridized carbons (Fsp3) is 0.273. The summed E-state index contributed by atoms with van der Waals surface area (Å²) in [6.07, 6.45) is 6.60. The number of rotatable bonds is 4. The van der Waals surface area contributed by atoms with Crippen LogP contribution in [-0.2, 0) is 20.8 Å². The average Bonchev–Trinajstić information content (AvgIpc) is 3.38. The van der Waals surface area contributed by atoms with Crippen molar-refractivity contribution in [2.24, 2.45) is 23.7 Å². The van der Waals surface area contributed by atoms with E-state index in [2.05, 4.69) is 22.5 Å². The summed E-state index contributed by atoms with van der Waals surface area (Å²) in [4.78, 5) is 43.1. The van der Waals surface area contributed by atoms with E-state index >= 15 is 0 Å². The van der Waals surface area contributed by atoms with Crippen LogP contribution in [0.2, 0.25) is 0 Å². The maximum Gasteiger partial charge on any atom is 0.238 e. The van der Waals surface area contributed by atoms with Gasteiger partial charge in [-0.25, -0.2) is 4.98 Å². The molecule has 29 heavy (non-hydrogen) atoms. The SMILES string of the molecule is O=C(Cc1ccc(N2C(=O)C3C4C=CC(C4)C3C2=O)cc1)Nc1ncccc1O. The van der Waals surface area contributed by atoms with Crippen molar-refractivity contribution in [3.63, 3.8) is 0 Å². The molecule has 1 aromatic heterocycles. The number of aromatic nitrogens is 1. The van der Waals surface area contributed by atoms with Crippen LogP contribution in [0, 0.1) is 23.7 Å². The van der Waals surface area contributed by atoms with Crippen molar-refractivity contribution in [1.82, 2.24) is 4.98 Å². The third-order valence-electron chi connectivity index (χ3n) is 6.07. The van der Waals surface area contributed by atoms with Gasteiger partial charge in [0.05, 0.1) is 23.9 Å². The van der Waals surface area contributed by atoms with Gasteiger partial charge in [-0.05, 0) is 48.1 Å². The van der Waals surface area contributed by atoms with Gasteiger partial charge in [0.15, 0.2) is 11.6 Å². The summed E-state index contributed by atoms with van der Waals surface area (Å²) in [5, 5.41) is 12.3. The lowest BCUT2D eigenvalue weighted by molar-refractivity contribution is -0.123. The molecule has 146 valence electrons. The molecule has 4 atom stereocenters. The number of carbonyl (C=O) groups is 3. The molecule has 0 spiro atoms. The van der Waals surface area contributed by atoms with E-state index in [0.717, 1.165) is 12.0 Å².